The number of carbonyl (C=O) groups is 1. The first-order valence-electron chi connectivity index (χ1n) is 8.87. The SMILES string of the molecule is COc1ccc(C(=O)[C@H]2CCCN(S(=O)(=O)c3c(C)noc3C)C2)c(C)c1. The van der Waals surface area contributed by atoms with Gasteiger partial charge in [-0.2, -0.15) is 4.31 Å². The van der Waals surface area contributed by atoms with E-state index < -0.39 is 10.0 Å². The van der Waals surface area contributed by atoms with Crippen LogP contribution in [0.15, 0.2) is 27.6 Å². The Balaban J connectivity index is 1.85. The largest absolute Gasteiger partial charge is 0.497 e. The van der Waals surface area contributed by atoms with Crippen molar-refractivity contribution in [2.24, 2.45) is 5.92 Å². The number of benzene rings is 1. The Kier molecular flexibility index (Phi) is 5.39. The Morgan fingerprint density at radius 1 is 1.30 bits per heavy atom. The second-order valence-electron chi connectivity index (χ2n) is 6.90. The van der Waals surface area contributed by atoms with E-state index in [0.29, 0.717) is 36.4 Å². The molecule has 146 valence electrons. The molecule has 0 spiro atoms. The maximum Gasteiger partial charge on any atom is 0.248 e. The smallest absolute Gasteiger partial charge is 0.248 e. The number of Topliss-reactive ketones (excluding diaryl/α,β-unsaturated/α-hetero) is 1. The number of ether oxygens (including phenoxy) is 1. The van der Waals surface area contributed by atoms with E-state index in [1.807, 2.05) is 13.0 Å². The molecule has 8 heteroatoms. The maximum atomic E-state index is 13.0. The highest BCUT2D eigenvalue weighted by Crippen LogP contribution is 2.30. The zero-order chi connectivity index (χ0) is 19.8. The van der Waals surface area contributed by atoms with E-state index in [4.69, 9.17) is 9.26 Å². The van der Waals surface area contributed by atoms with Gasteiger partial charge in [-0.05, 0) is 57.4 Å². The molecule has 1 aromatic heterocycles. The van der Waals surface area contributed by atoms with Gasteiger partial charge in [0.25, 0.3) is 0 Å². The lowest BCUT2D eigenvalue weighted by molar-refractivity contribution is 0.0871. The molecule has 1 aromatic carbocycles. The summed E-state index contributed by atoms with van der Waals surface area (Å²) in [5.41, 5.74) is 1.77. The third-order valence-electron chi connectivity index (χ3n) is 5.02. The first kappa shape index (κ1) is 19.6. The van der Waals surface area contributed by atoms with Crippen LogP contribution in [0.3, 0.4) is 0 Å². The van der Waals surface area contributed by atoms with Crippen molar-refractivity contribution in [2.45, 2.75) is 38.5 Å². The first-order valence-corrected chi connectivity index (χ1v) is 10.3. The quantitative estimate of drug-likeness (QED) is 0.727. The molecule has 1 aliphatic rings. The van der Waals surface area contributed by atoms with E-state index in [0.717, 1.165) is 5.56 Å². The number of sulfonamides is 1. The van der Waals surface area contributed by atoms with Gasteiger partial charge in [-0.1, -0.05) is 5.16 Å². The highest BCUT2D eigenvalue weighted by Gasteiger charge is 2.36. The Hall–Kier alpha value is -2.19. The molecule has 7 nitrogen and oxygen atoms in total. The summed E-state index contributed by atoms with van der Waals surface area (Å²) < 4.78 is 37.7. The lowest BCUT2D eigenvalue weighted by Gasteiger charge is -2.31. The van der Waals surface area contributed by atoms with Gasteiger partial charge in [0, 0.05) is 24.6 Å². The molecule has 27 heavy (non-hydrogen) atoms. The number of rotatable bonds is 5. The van der Waals surface area contributed by atoms with Crippen LogP contribution in [0, 0.1) is 26.7 Å². The standard InChI is InChI=1S/C19H24N2O5S/c1-12-10-16(25-4)7-8-17(12)18(22)15-6-5-9-21(11-15)27(23,24)19-13(2)20-26-14(19)3/h7-8,10,15H,5-6,9,11H2,1-4H3/t15-/m0/s1. The fourth-order valence-electron chi connectivity index (χ4n) is 3.61. The van der Waals surface area contributed by atoms with E-state index >= 15 is 0 Å². The van der Waals surface area contributed by atoms with E-state index in [9.17, 15) is 13.2 Å². The predicted octanol–water partition coefficient (Wildman–Crippen LogP) is 2.89. The van der Waals surface area contributed by atoms with Crippen LogP contribution in [0.5, 0.6) is 5.75 Å². The summed E-state index contributed by atoms with van der Waals surface area (Å²) >= 11 is 0. The fraction of sp³-hybridized carbons (Fsp3) is 0.474. The maximum absolute atomic E-state index is 13.0. The monoisotopic (exact) mass is 392 g/mol. The minimum Gasteiger partial charge on any atom is -0.497 e. The highest BCUT2D eigenvalue weighted by molar-refractivity contribution is 7.89. The van der Waals surface area contributed by atoms with Crippen molar-refractivity contribution in [1.82, 2.24) is 9.46 Å². The molecule has 0 bridgehead atoms. The van der Waals surface area contributed by atoms with Crippen LogP contribution in [0.4, 0.5) is 0 Å². The average Bonchev–Trinajstić information content (AvgIpc) is 3.00. The van der Waals surface area contributed by atoms with Crippen molar-refractivity contribution in [3.05, 3.63) is 40.8 Å². The lowest BCUT2D eigenvalue weighted by atomic mass is 9.89. The predicted molar refractivity (Wildman–Crippen MR) is 99.5 cm³/mol. The number of ketones is 1. The normalized spacial score (nSPS) is 18.4. The van der Waals surface area contributed by atoms with Gasteiger partial charge in [-0.3, -0.25) is 4.79 Å². The molecular weight excluding hydrogens is 368 g/mol. The fourth-order valence-corrected chi connectivity index (χ4v) is 5.42. The molecule has 0 aliphatic carbocycles. The number of aryl methyl sites for hydroxylation is 3. The zero-order valence-electron chi connectivity index (χ0n) is 16.0. The van der Waals surface area contributed by atoms with Crippen molar-refractivity contribution < 1.29 is 22.5 Å². The van der Waals surface area contributed by atoms with Gasteiger partial charge in [-0.25, -0.2) is 8.42 Å². The average molecular weight is 392 g/mol. The number of hydrogen-bond acceptors (Lipinski definition) is 6. The van der Waals surface area contributed by atoms with Crippen molar-refractivity contribution >= 4 is 15.8 Å². The minimum atomic E-state index is -3.74. The molecule has 0 unspecified atom stereocenters. The minimum absolute atomic E-state index is 0.0335. The number of nitrogens with zero attached hydrogens (tertiary/aromatic N) is 2. The van der Waals surface area contributed by atoms with Crippen molar-refractivity contribution in [1.29, 1.82) is 0 Å². The Morgan fingerprint density at radius 2 is 2.04 bits per heavy atom. The van der Waals surface area contributed by atoms with Crippen LogP contribution in [0.25, 0.3) is 0 Å². The van der Waals surface area contributed by atoms with Crippen LogP contribution in [0.2, 0.25) is 0 Å². The summed E-state index contributed by atoms with van der Waals surface area (Å²) in [6, 6.07) is 5.31. The van der Waals surface area contributed by atoms with Gasteiger partial charge in [0.05, 0.1) is 7.11 Å². The lowest BCUT2D eigenvalue weighted by Crippen LogP contribution is -2.42. The molecule has 0 radical (unpaired) electrons. The van der Waals surface area contributed by atoms with Crippen LogP contribution in [0.1, 0.15) is 40.2 Å². The Bertz CT molecular complexity index is 945. The third-order valence-corrected chi connectivity index (χ3v) is 7.13. The molecule has 0 amide bonds. The molecule has 1 saturated heterocycles. The second kappa shape index (κ2) is 7.44. The van der Waals surface area contributed by atoms with Crippen LogP contribution >= 0.6 is 0 Å². The summed E-state index contributed by atoms with van der Waals surface area (Å²) in [5, 5.41) is 3.75. The summed E-state index contributed by atoms with van der Waals surface area (Å²) in [6.45, 7) is 5.60. The van der Waals surface area contributed by atoms with E-state index in [1.54, 1.807) is 33.1 Å². The number of methoxy groups -OCH3 is 1. The number of aromatic nitrogens is 1. The molecule has 1 aliphatic heterocycles. The summed E-state index contributed by atoms with van der Waals surface area (Å²) in [7, 11) is -2.17. The van der Waals surface area contributed by atoms with Crippen LogP contribution in [-0.4, -0.2) is 43.9 Å². The van der Waals surface area contributed by atoms with Gasteiger partial charge >= 0.3 is 0 Å². The topological polar surface area (TPSA) is 89.7 Å². The highest BCUT2D eigenvalue weighted by atomic mass is 32.2. The van der Waals surface area contributed by atoms with Crippen LogP contribution in [-0.2, 0) is 10.0 Å². The molecule has 0 N–H and O–H groups in total. The number of carbonyl (C=O) groups excluding carboxylic acids is 1. The summed E-state index contributed by atoms with van der Waals surface area (Å²) in [5.74, 6) is 0.553. The molecule has 2 aromatic rings. The van der Waals surface area contributed by atoms with E-state index in [2.05, 4.69) is 5.16 Å². The van der Waals surface area contributed by atoms with Gasteiger partial charge < -0.3 is 9.26 Å². The molecule has 0 saturated carbocycles. The van der Waals surface area contributed by atoms with Crippen molar-refractivity contribution in [3.8, 4) is 5.75 Å². The van der Waals surface area contributed by atoms with Crippen molar-refractivity contribution in [2.75, 3.05) is 20.2 Å². The third kappa shape index (κ3) is 3.64. The Morgan fingerprint density at radius 3 is 2.63 bits per heavy atom. The number of piperidine rings is 1. The van der Waals surface area contributed by atoms with Gasteiger partial charge in [-0.15, -0.1) is 0 Å². The first-order chi connectivity index (χ1) is 12.8. The van der Waals surface area contributed by atoms with Gasteiger partial charge in [0.15, 0.2) is 11.5 Å². The Labute approximate surface area is 159 Å². The van der Waals surface area contributed by atoms with Crippen LogP contribution < -0.4 is 4.74 Å². The number of hydrogen-bond donors (Lipinski definition) is 0. The van der Waals surface area contributed by atoms with Gasteiger partial charge in [0.2, 0.25) is 10.0 Å². The molecule has 1 atom stereocenters. The molecule has 2 heterocycles. The molecule has 1 fully saturated rings. The summed E-state index contributed by atoms with van der Waals surface area (Å²) in [6.07, 6.45) is 1.30. The molecule has 3 rings (SSSR count). The van der Waals surface area contributed by atoms with Crippen molar-refractivity contribution in [3.63, 3.8) is 0 Å². The van der Waals surface area contributed by atoms with E-state index in [-0.39, 0.29) is 28.9 Å². The van der Waals surface area contributed by atoms with Gasteiger partial charge in [0.1, 0.15) is 16.3 Å². The second-order valence-corrected chi connectivity index (χ2v) is 8.78. The van der Waals surface area contributed by atoms with E-state index in [1.165, 1.54) is 4.31 Å². The zero-order valence-corrected chi connectivity index (χ0v) is 16.8. The molecular formula is C19H24N2O5S. The summed E-state index contributed by atoms with van der Waals surface area (Å²) in [4.78, 5) is 13.1.